The molecule has 0 amide bonds. The first-order valence-corrected chi connectivity index (χ1v) is 20.7. The minimum atomic E-state index is -2.60. The first kappa shape index (κ1) is 34.6. The van der Waals surface area contributed by atoms with E-state index in [0.29, 0.717) is 41.4 Å². The number of ketones is 1. The Balaban J connectivity index is 1.78. The van der Waals surface area contributed by atoms with Gasteiger partial charge in [-0.15, -0.1) is 11.5 Å². The first-order valence-electron chi connectivity index (χ1n) is 16.5. The van der Waals surface area contributed by atoms with Crippen LogP contribution in [0.25, 0.3) is 0 Å². The molecule has 1 aliphatic carbocycles. The molecule has 3 rings (SSSR count). The van der Waals surface area contributed by atoms with Crippen molar-refractivity contribution in [1.29, 1.82) is 0 Å². The Morgan fingerprint density at radius 1 is 0.881 bits per heavy atom. The molecule has 0 heterocycles. The Kier molecular flexibility index (Phi) is 11.7. The van der Waals surface area contributed by atoms with Gasteiger partial charge in [-0.25, -0.2) is 0 Å². The molecule has 1 aliphatic rings. The maximum atomic E-state index is 13.9. The highest BCUT2D eigenvalue weighted by Crippen LogP contribution is 2.44. The van der Waals surface area contributed by atoms with Crippen LogP contribution in [0.3, 0.4) is 0 Å². The van der Waals surface area contributed by atoms with Crippen molar-refractivity contribution >= 4 is 32.5 Å². The van der Waals surface area contributed by atoms with Gasteiger partial charge in [0.2, 0.25) is 0 Å². The van der Waals surface area contributed by atoms with E-state index < -0.39 is 16.4 Å². The van der Waals surface area contributed by atoms with E-state index >= 15 is 0 Å². The number of rotatable bonds is 11. The largest absolute Gasteiger partial charge is 0.407 e. The summed E-state index contributed by atoms with van der Waals surface area (Å²) in [6, 6.07) is 21.7. The van der Waals surface area contributed by atoms with Gasteiger partial charge in [0.05, 0.1) is 0 Å². The van der Waals surface area contributed by atoms with Gasteiger partial charge in [0.25, 0.3) is 8.32 Å². The molecule has 0 radical (unpaired) electrons. The number of hydrogen-bond acceptors (Lipinski definition) is 2. The highest BCUT2D eigenvalue weighted by atomic mass is 28.4. The molecule has 0 aliphatic heterocycles. The van der Waals surface area contributed by atoms with Gasteiger partial charge < -0.3 is 4.43 Å². The van der Waals surface area contributed by atoms with E-state index in [-0.39, 0.29) is 10.5 Å². The second-order valence-electron chi connectivity index (χ2n) is 14.8. The van der Waals surface area contributed by atoms with Crippen LogP contribution in [0.4, 0.5) is 0 Å². The topological polar surface area (TPSA) is 26.3 Å². The molecule has 2 unspecified atom stereocenters. The van der Waals surface area contributed by atoms with Crippen molar-refractivity contribution in [2.24, 2.45) is 11.3 Å². The third-order valence-electron chi connectivity index (χ3n) is 10.7. The molecule has 0 spiro atoms. The average molecular weight is 603 g/mol. The SMILES string of the molecule is CCC1(CCO[Si](c2ccccc2)(c2ccccc2)C(C)(C)C)CCC(CC#C[Si](C(C)C)(C(C)C)C(C)C)CC1=O. The molecule has 2 aromatic rings. The van der Waals surface area contributed by atoms with Crippen molar-refractivity contribution in [3.8, 4) is 11.5 Å². The molecular weight excluding hydrogens is 545 g/mol. The van der Waals surface area contributed by atoms with Crippen LogP contribution in [0.1, 0.15) is 108 Å². The van der Waals surface area contributed by atoms with Crippen LogP contribution >= 0.6 is 0 Å². The fourth-order valence-electron chi connectivity index (χ4n) is 8.13. The van der Waals surface area contributed by atoms with Crippen LogP contribution in [-0.2, 0) is 9.22 Å². The minimum Gasteiger partial charge on any atom is -0.407 e. The lowest BCUT2D eigenvalue weighted by Crippen LogP contribution is -2.66. The van der Waals surface area contributed by atoms with Crippen LogP contribution in [0.5, 0.6) is 0 Å². The summed E-state index contributed by atoms with van der Waals surface area (Å²) in [5.74, 6) is 4.49. The normalized spacial score (nSPS) is 20.2. The number of carbonyl (C=O) groups is 1. The van der Waals surface area contributed by atoms with Gasteiger partial charge in [-0.05, 0) is 63.6 Å². The Bertz CT molecular complexity index is 1140. The summed E-state index contributed by atoms with van der Waals surface area (Å²) in [6.45, 7) is 24.0. The lowest BCUT2D eigenvalue weighted by Gasteiger charge is -2.44. The van der Waals surface area contributed by atoms with Crippen LogP contribution in [0.15, 0.2) is 60.7 Å². The third-order valence-corrected chi connectivity index (χ3v) is 22.0. The van der Waals surface area contributed by atoms with Crippen molar-refractivity contribution in [1.82, 2.24) is 0 Å². The van der Waals surface area contributed by atoms with E-state index in [1.165, 1.54) is 10.4 Å². The van der Waals surface area contributed by atoms with E-state index in [9.17, 15) is 4.79 Å². The van der Waals surface area contributed by atoms with Gasteiger partial charge in [-0.1, -0.05) is 130 Å². The number of benzene rings is 2. The maximum Gasteiger partial charge on any atom is 0.261 e. The summed E-state index contributed by atoms with van der Waals surface area (Å²) >= 11 is 0. The number of carbonyl (C=O) groups excluding carboxylic acids is 1. The molecule has 1 fully saturated rings. The second-order valence-corrected chi connectivity index (χ2v) is 24.7. The van der Waals surface area contributed by atoms with Gasteiger partial charge in [0.15, 0.2) is 0 Å². The molecule has 2 aromatic carbocycles. The van der Waals surface area contributed by atoms with E-state index in [1.54, 1.807) is 0 Å². The van der Waals surface area contributed by atoms with E-state index in [4.69, 9.17) is 4.43 Å². The molecule has 0 saturated heterocycles. The van der Waals surface area contributed by atoms with Gasteiger partial charge in [-0.3, -0.25) is 4.79 Å². The zero-order chi connectivity index (χ0) is 31.2. The van der Waals surface area contributed by atoms with E-state index in [0.717, 1.165) is 32.1 Å². The van der Waals surface area contributed by atoms with Crippen molar-refractivity contribution in [2.45, 2.75) is 129 Å². The molecule has 2 nitrogen and oxygen atoms in total. The quantitative estimate of drug-likeness (QED) is 0.189. The van der Waals surface area contributed by atoms with Gasteiger partial charge in [0.1, 0.15) is 13.9 Å². The molecule has 4 heteroatoms. The predicted octanol–water partition coefficient (Wildman–Crippen LogP) is 9.33. The lowest BCUT2D eigenvalue weighted by molar-refractivity contribution is -0.134. The fraction of sp³-hybridized carbons (Fsp3) is 0.605. The summed E-state index contributed by atoms with van der Waals surface area (Å²) in [6.07, 6.45) is 5.27. The highest BCUT2D eigenvalue weighted by molar-refractivity contribution is 6.99. The Morgan fingerprint density at radius 2 is 1.38 bits per heavy atom. The summed E-state index contributed by atoms with van der Waals surface area (Å²) in [5.41, 5.74) is 5.53. The Hall–Kier alpha value is -1.94. The van der Waals surface area contributed by atoms with Crippen molar-refractivity contribution in [2.75, 3.05) is 6.61 Å². The minimum absolute atomic E-state index is 0.0596. The zero-order valence-corrected chi connectivity index (χ0v) is 30.3. The van der Waals surface area contributed by atoms with Gasteiger partial charge in [-0.2, -0.15) is 0 Å². The highest BCUT2D eigenvalue weighted by Gasteiger charge is 2.51. The molecule has 0 bridgehead atoms. The summed E-state index contributed by atoms with van der Waals surface area (Å²) < 4.78 is 7.21. The second kappa shape index (κ2) is 14.2. The molecular formula is C38H58O2Si2. The van der Waals surface area contributed by atoms with Crippen LogP contribution in [0, 0.1) is 22.8 Å². The molecule has 230 valence electrons. The van der Waals surface area contributed by atoms with Gasteiger partial charge >= 0.3 is 0 Å². The molecule has 0 aromatic heterocycles. The van der Waals surface area contributed by atoms with E-state index in [1.807, 2.05) is 0 Å². The summed E-state index contributed by atoms with van der Waals surface area (Å²) in [7, 11) is -4.33. The maximum absolute atomic E-state index is 13.9. The summed E-state index contributed by atoms with van der Waals surface area (Å²) in [4.78, 5) is 13.9. The molecule has 42 heavy (non-hydrogen) atoms. The third kappa shape index (κ3) is 6.90. The fourth-order valence-corrected chi connectivity index (χ4v) is 18.0. The van der Waals surface area contributed by atoms with Gasteiger partial charge in [0, 0.05) is 24.9 Å². The van der Waals surface area contributed by atoms with Crippen molar-refractivity contribution in [3.63, 3.8) is 0 Å². The summed E-state index contributed by atoms with van der Waals surface area (Å²) in [5, 5.41) is 2.54. The van der Waals surface area contributed by atoms with Crippen molar-refractivity contribution in [3.05, 3.63) is 60.7 Å². The predicted molar refractivity (Wildman–Crippen MR) is 187 cm³/mol. The molecule has 1 saturated carbocycles. The number of Topliss-reactive ketones (excluding diaryl/α,β-unsaturated/α-hetero) is 1. The zero-order valence-electron chi connectivity index (χ0n) is 28.3. The van der Waals surface area contributed by atoms with Crippen LogP contribution < -0.4 is 10.4 Å². The van der Waals surface area contributed by atoms with Crippen molar-refractivity contribution < 1.29 is 9.22 Å². The smallest absolute Gasteiger partial charge is 0.261 e. The molecule has 2 atom stereocenters. The van der Waals surface area contributed by atoms with Crippen LogP contribution in [-0.4, -0.2) is 28.8 Å². The van der Waals surface area contributed by atoms with Crippen LogP contribution in [0.2, 0.25) is 21.7 Å². The average Bonchev–Trinajstić information content (AvgIpc) is 2.94. The first-order chi connectivity index (χ1) is 19.8. The number of hydrogen-bond donors (Lipinski definition) is 0. The Labute approximate surface area is 260 Å². The Morgan fingerprint density at radius 3 is 1.79 bits per heavy atom. The lowest BCUT2D eigenvalue weighted by atomic mass is 9.66. The van der Waals surface area contributed by atoms with E-state index in [2.05, 4.69) is 141 Å². The standard InChI is InChI=1S/C38H58O2Si2/c1-11-38(25-24-33(29-36(38)39)19-18-28-41(30(2)3,31(4)5)32(6)7)26-27-40-42(37(8,9)10,34-20-14-12-15-21-34)35-22-16-13-17-23-35/h12-17,20-23,30-33H,11,19,24-27,29H2,1-10H3. The monoisotopic (exact) mass is 602 g/mol. The molecule has 0 N–H and O–H groups in total.